The van der Waals surface area contributed by atoms with Gasteiger partial charge < -0.3 is 10.0 Å². The second kappa shape index (κ2) is 9.86. The normalized spacial score (nSPS) is 19.7. The van der Waals surface area contributed by atoms with Gasteiger partial charge >= 0.3 is 5.97 Å². The minimum atomic E-state index is -1.12. The van der Waals surface area contributed by atoms with Crippen LogP contribution in [0.3, 0.4) is 0 Å². The zero-order valence-corrected chi connectivity index (χ0v) is 20.4. The van der Waals surface area contributed by atoms with E-state index >= 15 is 0 Å². The van der Waals surface area contributed by atoms with Crippen LogP contribution in [0.2, 0.25) is 0 Å². The van der Waals surface area contributed by atoms with Gasteiger partial charge in [-0.15, -0.1) is 11.3 Å². The van der Waals surface area contributed by atoms with E-state index in [1.807, 2.05) is 20.8 Å². The first-order chi connectivity index (χ1) is 14.3. The molecular weight excluding hydrogens is 412 g/mol. The van der Waals surface area contributed by atoms with Gasteiger partial charge in [-0.05, 0) is 65.4 Å². The Morgan fingerprint density at radius 2 is 1.74 bits per heavy atom. The van der Waals surface area contributed by atoms with Crippen LogP contribution in [-0.4, -0.2) is 47.9 Å². The molecule has 1 saturated carbocycles. The van der Waals surface area contributed by atoms with Gasteiger partial charge in [0.1, 0.15) is 10.9 Å². The molecule has 1 fully saturated rings. The van der Waals surface area contributed by atoms with Crippen LogP contribution in [0.4, 0.5) is 5.69 Å². The van der Waals surface area contributed by atoms with Gasteiger partial charge in [0.2, 0.25) is 11.8 Å². The number of nitrogens with zero attached hydrogens (tertiary/aromatic N) is 2. The number of thiophene rings is 1. The maximum atomic E-state index is 13.6. The maximum absolute atomic E-state index is 13.6. The zero-order valence-electron chi connectivity index (χ0n) is 19.6. The molecule has 1 N–H and O–H groups in total. The summed E-state index contributed by atoms with van der Waals surface area (Å²) in [6.07, 6.45) is 3.42. The monoisotopic (exact) mass is 446 g/mol. The third kappa shape index (κ3) is 6.33. The van der Waals surface area contributed by atoms with E-state index in [0.29, 0.717) is 10.8 Å². The molecule has 1 heterocycles. The fraction of sp³-hybridized carbons (Fsp3) is 0.625. The van der Waals surface area contributed by atoms with Crippen LogP contribution >= 0.6 is 11.3 Å². The third-order valence-electron chi connectivity index (χ3n) is 5.51. The first kappa shape index (κ1) is 24.9. The number of hydrogen-bond donors (Lipinski definition) is 1. The first-order valence-corrected chi connectivity index (χ1v) is 11.6. The number of anilines is 1. The number of rotatable bonds is 5. The van der Waals surface area contributed by atoms with Gasteiger partial charge in [-0.2, -0.15) is 0 Å². The largest absolute Gasteiger partial charge is 0.477 e. The number of hydrogen-bond acceptors (Lipinski definition) is 4. The number of carboxylic acids is 1. The second-order valence-corrected chi connectivity index (χ2v) is 10.8. The molecule has 0 saturated heterocycles. The van der Waals surface area contributed by atoms with Crippen molar-refractivity contribution in [2.24, 2.45) is 17.3 Å². The van der Waals surface area contributed by atoms with Crippen molar-refractivity contribution >= 4 is 34.8 Å². The van der Waals surface area contributed by atoms with E-state index in [2.05, 4.69) is 18.8 Å². The summed E-state index contributed by atoms with van der Waals surface area (Å²) in [5.74, 6) is 4.98. The lowest BCUT2D eigenvalue weighted by atomic mass is 9.82. The van der Waals surface area contributed by atoms with Crippen LogP contribution in [0.5, 0.6) is 0 Å². The van der Waals surface area contributed by atoms with Gasteiger partial charge in [0.05, 0.1) is 10.6 Å². The lowest BCUT2D eigenvalue weighted by molar-refractivity contribution is -0.133. The molecule has 1 unspecified atom stereocenters. The van der Waals surface area contributed by atoms with Crippen LogP contribution in [0.15, 0.2) is 6.07 Å². The zero-order chi connectivity index (χ0) is 23.5. The molecule has 0 aliphatic heterocycles. The molecule has 2 amide bonds. The van der Waals surface area contributed by atoms with Gasteiger partial charge in [0, 0.05) is 25.4 Å². The molecule has 170 valence electrons. The Labute approximate surface area is 189 Å². The Balaban J connectivity index is 2.55. The molecule has 1 aliphatic rings. The highest BCUT2D eigenvalue weighted by Crippen LogP contribution is 2.36. The molecule has 6 nitrogen and oxygen atoms in total. The molecule has 0 spiro atoms. The highest BCUT2D eigenvalue weighted by molar-refractivity contribution is 7.15. The SMILES string of the molecule is CC1CCC(C(=O)N(c2cc(C#CC(C)(C)C)sc2C(=O)O)C(C)C(=O)N(C)C)CC1. The Hall–Kier alpha value is -2.33. The summed E-state index contributed by atoms with van der Waals surface area (Å²) >= 11 is 1.05. The first-order valence-electron chi connectivity index (χ1n) is 10.8. The lowest BCUT2D eigenvalue weighted by Crippen LogP contribution is -2.50. The van der Waals surface area contributed by atoms with Crippen LogP contribution < -0.4 is 4.90 Å². The topological polar surface area (TPSA) is 77.9 Å². The van der Waals surface area contributed by atoms with E-state index in [4.69, 9.17) is 0 Å². The van der Waals surface area contributed by atoms with Gasteiger partial charge in [0.25, 0.3) is 0 Å². The molecule has 0 aromatic carbocycles. The van der Waals surface area contributed by atoms with Crippen molar-refractivity contribution in [1.29, 1.82) is 0 Å². The third-order valence-corrected chi connectivity index (χ3v) is 6.54. The van der Waals surface area contributed by atoms with Crippen LogP contribution in [0.25, 0.3) is 0 Å². The van der Waals surface area contributed by atoms with E-state index in [1.54, 1.807) is 27.1 Å². The predicted octanol–water partition coefficient (Wildman–Crippen LogP) is 4.48. The van der Waals surface area contributed by atoms with Gasteiger partial charge in [0.15, 0.2) is 0 Å². The van der Waals surface area contributed by atoms with Gasteiger partial charge in [-0.3, -0.25) is 14.5 Å². The van der Waals surface area contributed by atoms with Crippen molar-refractivity contribution in [3.05, 3.63) is 15.8 Å². The fourth-order valence-electron chi connectivity index (χ4n) is 3.73. The Morgan fingerprint density at radius 1 is 1.16 bits per heavy atom. The molecule has 1 aliphatic carbocycles. The predicted molar refractivity (Wildman–Crippen MR) is 124 cm³/mol. The van der Waals surface area contributed by atoms with Gasteiger partial charge in [-0.25, -0.2) is 4.79 Å². The number of carbonyl (C=O) groups excluding carboxylic acids is 2. The van der Waals surface area contributed by atoms with Crippen LogP contribution in [0.1, 0.15) is 74.9 Å². The minimum Gasteiger partial charge on any atom is -0.477 e. The van der Waals surface area contributed by atoms with E-state index < -0.39 is 12.0 Å². The Bertz CT molecular complexity index is 893. The molecule has 0 radical (unpaired) electrons. The summed E-state index contributed by atoms with van der Waals surface area (Å²) in [6, 6.07) is 0.841. The summed E-state index contributed by atoms with van der Waals surface area (Å²) in [6.45, 7) is 9.77. The average Bonchev–Trinajstić information content (AvgIpc) is 3.10. The van der Waals surface area contributed by atoms with Crippen molar-refractivity contribution in [1.82, 2.24) is 4.90 Å². The summed E-state index contributed by atoms with van der Waals surface area (Å²) in [4.78, 5) is 41.9. The highest BCUT2D eigenvalue weighted by atomic mass is 32.1. The van der Waals surface area contributed by atoms with Crippen molar-refractivity contribution in [3.8, 4) is 11.8 Å². The number of aromatic carboxylic acids is 1. The molecule has 2 rings (SSSR count). The maximum Gasteiger partial charge on any atom is 0.348 e. The molecular formula is C24H34N2O4S. The lowest BCUT2D eigenvalue weighted by Gasteiger charge is -2.35. The summed E-state index contributed by atoms with van der Waals surface area (Å²) < 4.78 is 0. The summed E-state index contributed by atoms with van der Waals surface area (Å²) in [5.41, 5.74) is 0.0257. The minimum absolute atomic E-state index is 0.0362. The van der Waals surface area contributed by atoms with Crippen molar-refractivity contribution in [3.63, 3.8) is 0 Å². The summed E-state index contributed by atoms with van der Waals surface area (Å²) in [7, 11) is 3.27. The Kier molecular flexibility index (Phi) is 7.93. The van der Waals surface area contributed by atoms with Crippen LogP contribution in [0, 0.1) is 29.1 Å². The van der Waals surface area contributed by atoms with Crippen molar-refractivity contribution < 1.29 is 19.5 Å². The molecule has 0 bridgehead atoms. The number of likely N-dealkylation sites (N-methyl/N-ethyl adjacent to an activating group) is 1. The fourth-order valence-corrected chi connectivity index (χ4v) is 4.57. The molecule has 1 aromatic rings. The molecule has 7 heteroatoms. The van der Waals surface area contributed by atoms with Gasteiger partial charge in [-0.1, -0.05) is 18.8 Å². The molecule has 31 heavy (non-hydrogen) atoms. The average molecular weight is 447 g/mol. The van der Waals surface area contributed by atoms with Crippen molar-refractivity contribution in [2.75, 3.05) is 19.0 Å². The molecule has 1 aromatic heterocycles. The van der Waals surface area contributed by atoms with E-state index in [-0.39, 0.29) is 33.7 Å². The quantitative estimate of drug-likeness (QED) is 0.677. The standard InChI is InChI=1S/C24H34N2O4S/c1-15-8-10-17(11-9-15)22(28)26(16(2)21(27)25(6)7)19-14-18(12-13-24(3,4)5)31-20(19)23(29)30/h14-17H,8-11H2,1-7H3,(H,29,30). The van der Waals surface area contributed by atoms with E-state index in [1.165, 1.54) is 9.80 Å². The number of carbonyl (C=O) groups is 3. The number of carboxylic acid groups (broad SMARTS) is 1. The number of amides is 2. The van der Waals surface area contributed by atoms with E-state index in [9.17, 15) is 19.5 Å². The smallest absolute Gasteiger partial charge is 0.348 e. The second-order valence-electron chi connectivity index (χ2n) is 9.70. The summed E-state index contributed by atoms with van der Waals surface area (Å²) in [5, 5.41) is 9.84. The van der Waals surface area contributed by atoms with E-state index in [0.717, 1.165) is 37.0 Å². The highest BCUT2D eigenvalue weighted by Gasteiger charge is 2.37. The molecule has 1 atom stereocenters. The van der Waals surface area contributed by atoms with Crippen LogP contribution in [-0.2, 0) is 9.59 Å². The van der Waals surface area contributed by atoms with Crippen molar-refractivity contribution in [2.45, 2.75) is 66.3 Å². The Morgan fingerprint density at radius 3 is 2.23 bits per heavy atom.